The van der Waals surface area contributed by atoms with Crippen molar-refractivity contribution in [2.24, 2.45) is 5.92 Å². The number of halogens is 1. The van der Waals surface area contributed by atoms with Gasteiger partial charge in [-0.15, -0.1) is 0 Å². The van der Waals surface area contributed by atoms with E-state index in [9.17, 15) is 9.18 Å². The standard InChI is InChI=1S/C19H21FN6O2/c1-11-5-14(23-19(27)28)10-26(9-11)17-7-16(24-18(22-2)25-17)12-3-4-13(8-21)15(20)6-12/h3-4,6-7,11,14,23H,5,9-10H2,1-2H3,(H,27,28)(H,22,24,25)/t11-,14-/m1/s1. The summed E-state index contributed by atoms with van der Waals surface area (Å²) < 4.78 is 14.0. The van der Waals surface area contributed by atoms with Crippen molar-refractivity contribution in [3.05, 3.63) is 35.6 Å². The van der Waals surface area contributed by atoms with E-state index in [2.05, 4.69) is 27.5 Å². The zero-order valence-corrected chi connectivity index (χ0v) is 15.6. The van der Waals surface area contributed by atoms with Crippen LogP contribution in [0.2, 0.25) is 0 Å². The zero-order chi connectivity index (χ0) is 20.3. The SMILES string of the molecule is CNc1nc(-c2ccc(C#N)c(F)c2)cc(N2C[C@H](C)C[C@@H](NC(=O)O)C2)n1. The molecule has 2 heterocycles. The number of hydrogen-bond donors (Lipinski definition) is 3. The van der Waals surface area contributed by atoms with Crippen LogP contribution in [0.15, 0.2) is 24.3 Å². The van der Waals surface area contributed by atoms with E-state index in [1.165, 1.54) is 12.1 Å². The fourth-order valence-corrected chi connectivity index (χ4v) is 3.44. The number of carboxylic acid groups (broad SMARTS) is 1. The Bertz CT molecular complexity index is 929. The molecule has 0 radical (unpaired) electrons. The molecule has 1 aromatic heterocycles. The molecule has 1 aromatic carbocycles. The van der Waals surface area contributed by atoms with Gasteiger partial charge in [-0.05, 0) is 24.5 Å². The van der Waals surface area contributed by atoms with Crippen molar-refractivity contribution in [2.75, 3.05) is 30.4 Å². The van der Waals surface area contributed by atoms with Gasteiger partial charge in [0.2, 0.25) is 5.95 Å². The highest BCUT2D eigenvalue weighted by Crippen LogP contribution is 2.28. The lowest BCUT2D eigenvalue weighted by Gasteiger charge is -2.37. The number of benzene rings is 1. The molecule has 146 valence electrons. The van der Waals surface area contributed by atoms with Crippen molar-refractivity contribution in [2.45, 2.75) is 19.4 Å². The molecule has 9 heteroatoms. The van der Waals surface area contributed by atoms with Gasteiger partial charge in [0.05, 0.1) is 17.3 Å². The largest absolute Gasteiger partial charge is 0.465 e. The minimum atomic E-state index is -1.05. The Balaban J connectivity index is 1.96. The van der Waals surface area contributed by atoms with Gasteiger partial charge >= 0.3 is 6.09 Å². The second-order valence-electron chi connectivity index (χ2n) is 6.88. The van der Waals surface area contributed by atoms with Crippen LogP contribution in [-0.2, 0) is 0 Å². The van der Waals surface area contributed by atoms with Crippen molar-refractivity contribution in [3.8, 4) is 17.3 Å². The first-order valence-corrected chi connectivity index (χ1v) is 8.91. The van der Waals surface area contributed by atoms with E-state index < -0.39 is 11.9 Å². The summed E-state index contributed by atoms with van der Waals surface area (Å²) in [4.78, 5) is 21.9. The summed E-state index contributed by atoms with van der Waals surface area (Å²) in [5.41, 5.74) is 1.01. The molecule has 1 amide bonds. The third-order valence-corrected chi connectivity index (χ3v) is 4.63. The maximum Gasteiger partial charge on any atom is 0.404 e. The Labute approximate surface area is 162 Å². The van der Waals surface area contributed by atoms with Gasteiger partial charge in [-0.1, -0.05) is 13.0 Å². The molecule has 1 saturated heterocycles. The molecular weight excluding hydrogens is 363 g/mol. The molecular formula is C19H21FN6O2. The predicted molar refractivity (Wildman–Crippen MR) is 103 cm³/mol. The number of amides is 1. The van der Waals surface area contributed by atoms with Crippen LogP contribution in [0.3, 0.4) is 0 Å². The summed E-state index contributed by atoms with van der Waals surface area (Å²) in [5.74, 6) is 0.666. The van der Waals surface area contributed by atoms with Crippen molar-refractivity contribution >= 4 is 17.9 Å². The molecule has 2 atom stereocenters. The van der Waals surface area contributed by atoms with Crippen molar-refractivity contribution in [1.29, 1.82) is 5.26 Å². The van der Waals surface area contributed by atoms with Crippen LogP contribution in [-0.4, -0.2) is 47.3 Å². The number of rotatable bonds is 4. The van der Waals surface area contributed by atoms with Crippen molar-refractivity contribution in [1.82, 2.24) is 15.3 Å². The summed E-state index contributed by atoms with van der Waals surface area (Å²) >= 11 is 0. The molecule has 0 bridgehead atoms. The fraction of sp³-hybridized carbons (Fsp3) is 0.368. The van der Waals surface area contributed by atoms with Crippen molar-refractivity contribution in [3.63, 3.8) is 0 Å². The Morgan fingerprint density at radius 1 is 1.36 bits per heavy atom. The number of aromatic nitrogens is 2. The Kier molecular flexibility index (Phi) is 5.59. The van der Waals surface area contributed by atoms with Crippen LogP contribution in [0.4, 0.5) is 21.0 Å². The van der Waals surface area contributed by atoms with Crippen LogP contribution in [0.5, 0.6) is 0 Å². The van der Waals surface area contributed by atoms with Crippen LogP contribution >= 0.6 is 0 Å². The Morgan fingerprint density at radius 3 is 2.79 bits per heavy atom. The molecule has 28 heavy (non-hydrogen) atoms. The quantitative estimate of drug-likeness (QED) is 0.742. The van der Waals surface area contributed by atoms with E-state index in [4.69, 9.17) is 10.4 Å². The first-order chi connectivity index (χ1) is 13.4. The van der Waals surface area contributed by atoms with Gasteiger partial charge < -0.3 is 20.6 Å². The number of nitriles is 1. The fourth-order valence-electron chi connectivity index (χ4n) is 3.44. The lowest BCUT2D eigenvalue weighted by molar-refractivity contribution is 0.186. The van der Waals surface area contributed by atoms with E-state index in [1.807, 2.05) is 4.90 Å². The van der Waals surface area contributed by atoms with Crippen molar-refractivity contribution < 1.29 is 14.3 Å². The van der Waals surface area contributed by atoms with E-state index in [-0.39, 0.29) is 17.5 Å². The van der Waals surface area contributed by atoms with E-state index in [0.29, 0.717) is 29.6 Å². The predicted octanol–water partition coefficient (Wildman–Crippen LogP) is 2.68. The second-order valence-corrected chi connectivity index (χ2v) is 6.88. The smallest absolute Gasteiger partial charge is 0.404 e. The summed E-state index contributed by atoms with van der Waals surface area (Å²) in [7, 11) is 1.69. The molecule has 0 saturated carbocycles. The summed E-state index contributed by atoms with van der Waals surface area (Å²) in [6, 6.07) is 7.68. The Morgan fingerprint density at radius 2 is 2.14 bits per heavy atom. The van der Waals surface area contributed by atoms with E-state index in [1.54, 1.807) is 25.2 Å². The molecule has 3 N–H and O–H groups in total. The molecule has 0 aliphatic carbocycles. The number of nitrogens with one attached hydrogen (secondary N) is 2. The minimum Gasteiger partial charge on any atom is -0.465 e. The van der Waals surface area contributed by atoms with Crippen LogP contribution in [0.1, 0.15) is 18.9 Å². The van der Waals surface area contributed by atoms with Crippen LogP contribution in [0.25, 0.3) is 11.3 Å². The average Bonchev–Trinajstić information content (AvgIpc) is 2.66. The topological polar surface area (TPSA) is 114 Å². The molecule has 0 spiro atoms. The lowest BCUT2D eigenvalue weighted by atomic mass is 9.96. The Hall–Kier alpha value is -3.41. The molecule has 1 fully saturated rings. The summed E-state index contributed by atoms with van der Waals surface area (Å²) in [5, 5.41) is 23.4. The highest BCUT2D eigenvalue weighted by Gasteiger charge is 2.27. The molecule has 1 aliphatic rings. The number of carbonyl (C=O) groups is 1. The van der Waals surface area contributed by atoms with Gasteiger partial charge in [0.15, 0.2) is 0 Å². The van der Waals surface area contributed by atoms with E-state index in [0.717, 1.165) is 13.0 Å². The maximum atomic E-state index is 14.0. The van der Waals surface area contributed by atoms with Crippen LogP contribution < -0.4 is 15.5 Å². The van der Waals surface area contributed by atoms with Gasteiger partial charge in [-0.2, -0.15) is 10.2 Å². The molecule has 1 aliphatic heterocycles. The van der Waals surface area contributed by atoms with E-state index >= 15 is 0 Å². The third-order valence-electron chi connectivity index (χ3n) is 4.63. The number of piperidine rings is 1. The monoisotopic (exact) mass is 384 g/mol. The zero-order valence-electron chi connectivity index (χ0n) is 15.6. The normalized spacial score (nSPS) is 19.0. The minimum absolute atomic E-state index is 0.0284. The third kappa shape index (κ3) is 4.28. The summed E-state index contributed by atoms with van der Waals surface area (Å²) in [6.45, 7) is 3.26. The highest BCUT2D eigenvalue weighted by atomic mass is 19.1. The van der Waals surface area contributed by atoms with Gasteiger partial charge in [0.25, 0.3) is 0 Å². The highest BCUT2D eigenvalue weighted by molar-refractivity contribution is 5.67. The lowest BCUT2D eigenvalue weighted by Crippen LogP contribution is -2.50. The number of anilines is 2. The first kappa shape index (κ1) is 19.4. The van der Waals surface area contributed by atoms with Gasteiger partial charge in [0, 0.05) is 31.8 Å². The average molecular weight is 384 g/mol. The molecule has 3 rings (SSSR count). The molecule has 0 unspecified atom stereocenters. The van der Waals surface area contributed by atoms with Crippen LogP contribution in [0, 0.1) is 23.1 Å². The second kappa shape index (κ2) is 8.08. The molecule has 2 aromatic rings. The molecule has 8 nitrogen and oxygen atoms in total. The number of hydrogen-bond acceptors (Lipinski definition) is 6. The van der Waals surface area contributed by atoms with Gasteiger partial charge in [-0.25, -0.2) is 14.2 Å². The van der Waals surface area contributed by atoms with Gasteiger partial charge in [-0.3, -0.25) is 0 Å². The summed E-state index contributed by atoms with van der Waals surface area (Å²) in [6.07, 6.45) is -0.299. The number of nitrogens with zero attached hydrogens (tertiary/aromatic N) is 4. The van der Waals surface area contributed by atoms with Gasteiger partial charge in [0.1, 0.15) is 17.7 Å². The maximum absolute atomic E-state index is 14.0. The first-order valence-electron chi connectivity index (χ1n) is 8.91.